The van der Waals surface area contributed by atoms with E-state index in [2.05, 4.69) is 62.9 Å². The smallest absolute Gasteiger partial charge is 0.147 e. The third-order valence-corrected chi connectivity index (χ3v) is 6.96. The molecule has 0 N–H and O–H groups in total. The molecule has 2 aliphatic rings. The molecule has 2 aliphatic carbocycles. The molecule has 0 saturated heterocycles. The fourth-order valence-corrected chi connectivity index (χ4v) is 5.72. The summed E-state index contributed by atoms with van der Waals surface area (Å²) in [4.78, 5) is 14.2. The lowest BCUT2D eigenvalue weighted by atomic mass is 9.96. The lowest BCUT2D eigenvalue weighted by Crippen LogP contribution is -1.96. The zero-order chi connectivity index (χ0) is 20.1. The van der Waals surface area contributed by atoms with Crippen LogP contribution in [0.15, 0.2) is 73.2 Å². The Kier molecular flexibility index (Phi) is 2.72. The summed E-state index contributed by atoms with van der Waals surface area (Å²) in [6.45, 7) is 0. The van der Waals surface area contributed by atoms with Crippen LogP contribution in [0.25, 0.3) is 49.8 Å². The van der Waals surface area contributed by atoms with Crippen LogP contribution in [0.4, 0.5) is 0 Å². The maximum atomic E-state index is 5.17. The Balaban J connectivity index is 1.53. The molecule has 4 nitrogen and oxygen atoms in total. The summed E-state index contributed by atoms with van der Waals surface area (Å²) < 4.78 is 2.33. The number of aromatic nitrogens is 4. The van der Waals surface area contributed by atoms with Crippen molar-refractivity contribution in [3.8, 4) is 22.4 Å². The Bertz CT molecular complexity index is 1740. The van der Waals surface area contributed by atoms with Crippen LogP contribution in [-0.4, -0.2) is 19.4 Å². The Morgan fingerprint density at radius 2 is 1.74 bits per heavy atom. The molecule has 0 aliphatic heterocycles. The number of hydrogen-bond donors (Lipinski definition) is 0. The number of hydrogen-bond acceptors (Lipinski definition) is 3. The van der Waals surface area contributed by atoms with Crippen LogP contribution in [0.1, 0.15) is 22.4 Å². The molecule has 0 radical (unpaired) electrons. The van der Waals surface area contributed by atoms with E-state index in [1.807, 2.05) is 24.7 Å². The molecule has 2 aromatic carbocycles. The van der Waals surface area contributed by atoms with E-state index in [4.69, 9.17) is 4.98 Å². The molecular weight excluding hydrogens is 380 g/mol. The molecule has 31 heavy (non-hydrogen) atoms. The number of pyridine rings is 3. The van der Waals surface area contributed by atoms with Gasteiger partial charge in [-0.2, -0.15) is 0 Å². The van der Waals surface area contributed by atoms with Crippen molar-refractivity contribution in [3.05, 3.63) is 95.6 Å². The lowest BCUT2D eigenvalue weighted by molar-refractivity contribution is 1.16. The van der Waals surface area contributed by atoms with Gasteiger partial charge in [-0.3, -0.25) is 14.4 Å². The van der Waals surface area contributed by atoms with Crippen molar-refractivity contribution in [1.29, 1.82) is 0 Å². The van der Waals surface area contributed by atoms with Crippen LogP contribution in [0.2, 0.25) is 0 Å². The second-order valence-corrected chi connectivity index (χ2v) is 8.50. The van der Waals surface area contributed by atoms with E-state index in [0.29, 0.717) is 0 Å². The average Bonchev–Trinajstić information content (AvgIpc) is 3.48. The molecule has 144 valence electrons. The zero-order valence-electron chi connectivity index (χ0n) is 16.6. The van der Waals surface area contributed by atoms with Gasteiger partial charge in [0.1, 0.15) is 5.65 Å². The molecule has 0 atom stereocenters. The van der Waals surface area contributed by atoms with Gasteiger partial charge in [-0.25, -0.2) is 4.98 Å². The first-order valence-corrected chi connectivity index (χ1v) is 10.6. The molecule has 6 aromatic rings. The van der Waals surface area contributed by atoms with Crippen molar-refractivity contribution in [2.45, 2.75) is 12.8 Å². The van der Waals surface area contributed by atoms with E-state index in [1.54, 1.807) is 0 Å². The molecule has 0 spiro atoms. The van der Waals surface area contributed by atoms with Crippen LogP contribution in [0.3, 0.4) is 0 Å². The molecule has 4 heterocycles. The van der Waals surface area contributed by atoms with Gasteiger partial charge in [-0.15, -0.1) is 0 Å². The minimum absolute atomic E-state index is 0.873. The van der Waals surface area contributed by atoms with Gasteiger partial charge >= 0.3 is 0 Å². The van der Waals surface area contributed by atoms with Crippen LogP contribution < -0.4 is 0 Å². The lowest BCUT2D eigenvalue weighted by Gasteiger charge is -2.12. The quantitative estimate of drug-likeness (QED) is 0.315. The summed E-state index contributed by atoms with van der Waals surface area (Å²) in [7, 11) is 0. The molecule has 0 fully saturated rings. The van der Waals surface area contributed by atoms with Gasteiger partial charge < -0.3 is 0 Å². The van der Waals surface area contributed by atoms with E-state index >= 15 is 0 Å². The van der Waals surface area contributed by atoms with E-state index in [0.717, 1.165) is 46.0 Å². The average molecular weight is 396 g/mol. The number of imidazole rings is 1. The van der Waals surface area contributed by atoms with Gasteiger partial charge in [0.25, 0.3) is 0 Å². The fourth-order valence-electron chi connectivity index (χ4n) is 5.72. The van der Waals surface area contributed by atoms with E-state index in [-0.39, 0.29) is 0 Å². The Morgan fingerprint density at radius 3 is 2.74 bits per heavy atom. The van der Waals surface area contributed by atoms with Crippen molar-refractivity contribution < 1.29 is 0 Å². The molecule has 0 amide bonds. The highest BCUT2D eigenvalue weighted by atomic mass is 15.0. The molecule has 0 saturated carbocycles. The predicted molar refractivity (Wildman–Crippen MR) is 122 cm³/mol. The van der Waals surface area contributed by atoms with E-state index in [9.17, 15) is 0 Å². The number of benzene rings is 2. The van der Waals surface area contributed by atoms with Crippen LogP contribution in [-0.2, 0) is 12.8 Å². The van der Waals surface area contributed by atoms with Crippen LogP contribution in [0, 0.1) is 0 Å². The highest BCUT2D eigenvalue weighted by Gasteiger charge is 2.32. The first-order valence-electron chi connectivity index (χ1n) is 10.6. The van der Waals surface area contributed by atoms with E-state index < -0.39 is 0 Å². The van der Waals surface area contributed by atoms with Gasteiger partial charge in [0.05, 0.1) is 22.4 Å². The second kappa shape index (κ2) is 5.35. The maximum absolute atomic E-state index is 5.17. The third kappa shape index (κ3) is 1.84. The minimum atomic E-state index is 0.873. The largest absolute Gasteiger partial charge is 0.291 e. The third-order valence-electron chi connectivity index (χ3n) is 6.96. The molecule has 0 unspecified atom stereocenters. The standard InChI is InChI=1S/C27H16N4/c1-2-5-17-15(4-1)12-16-7-8-18-20(24(16)17)13-22-26(18)31-23-9-11-28-14-21(23)25-19(27(31)30-22)6-3-10-29-25/h1-11,14H,12-13H2. The van der Waals surface area contributed by atoms with Crippen LogP contribution >= 0.6 is 0 Å². The highest BCUT2D eigenvalue weighted by Crippen LogP contribution is 2.48. The van der Waals surface area contributed by atoms with Crippen molar-refractivity contribution in [1.82, 2.24) is 19.4 Å². The van der Waals surface area contributed by atoms with Crippen molar-refractivity contribution in [2.75, 3.05) is 0 Å². The summed E-state index contributed by atoms with van der Waals surface area (Å²) in [5.41, 5.74) is 13.8. The topological polar surface area (TPSA) is 43.1 Å². The molecule has 8 rings (SSSR count). The van der Waals surface area contributed by atoms with E-state index in [1.165, 1.54) is 39.1 Å². The van der Waals surface area contributed by atoms with Gasteiger partial charge in [0, 0.05) is 41.3 Å². The zero-order valence-corrected chi connectivity index (χ0v) is 16.6. The number of fused-ring (bicyclic) bond motifs is 14. The summed E-state index contributed by atoms with van der Waals surface area (Å²) in [6, 6.07) is 19.6. The second-order valence-electron chi connectivity index (χ2n) is 8.50. The first kappa shape index (κ1) is 15.7. The summed E-state index contributed by atoms with van der Waals surface area (Å²) in [5.74, 6) is 0. The number of rotatable bonds is 0. The summed E-state index contributed by atoms with van der Waals surface area (Å²) in [6.07, 6.45) is 7.52. The Morgan fingerprint density at radius 1 is 0.774 bits per heavy atom. The summed E-state index contributed by atoms with van der Waals surface area (Å²) >= 11 is 0. The van der Waals surface area contributed by atoms with Crippen molar-refractivity contribution in [2.24, 2.45) is 0 Å². The van der Waals surface area contributed by atoms with Gasteiger partial charge in [0.15, 0.2) is 0 Å². The van der Waals surface area contributed by atoms with Crippen LogP contribution in [0.5, 0.6) is 0 Å². The Labute approximate surface area is 177 Å². The monoisotopic (exact) mass is 396 g/mol. The normalized spacial score (nSPS) is 13.5. The molecule has 4 aromatic heterocycles. The van der Waals surface area contributed by atoms with Gasteiger partial charge in [-0.1, -0.05) is 36.4 Å². The van der Waals surface area contributed by atoms with Gasteiger partial charge in [-0.05, 0) is 52.4 Å². The summed E-state index contributed by atoms with van der Waals surface area (Å²) in [5, 5.41) is 2.14. The minimum Gasteiger partial charge on any atom is -0.291 e. The molecule has 4 heteroatoms. The Hall–Kier alpha value is -4.05. The van der Waals surface area contributed by atoms with Crippen molar-refractivity contribution in [3.63, 3.8) is 0 Å². The molecule has 0 bridgehead atoms. The highest BCUT2D eigenvalue weighted by molar-refractivity contribution is 6.10. The number of nitrogens with zero attached hydrogens (tertiary/aromatic N) is 4. The predicted octanol–water partition coefficient (Wildman–Crippen LogP) is 5.57. The van der Waals surface area contributed by atoms with Gasteiger partial charge in [0.2, 0.25) is 0 Å². The van der Waals surface area contributed by atoms with Crippen molar-refractivity contribution >= 4 is 27.5 Å². The SMILES string of the molecule is c1ccc2c(c1)Cc1ccc3c(c1-2)Cc1nc2c4cccnc4c4cnccc4n2c1-3. The maximum Gasteiger partial charge on any atom is 0.147 e. The first-order chi connectivity index (χ1) is 15.4. The molecular formula is C27H16N4. The fraction of sp³-hybridized carbons (Fsp3) is 0.0741.